The molecule has 3 unspecified atom stereocenters. The van der Waals surface area contributed by atoms with Crippen molar-refractivity contribution in [1.29, 1.82) is 0 Å². The maximum atomic E-state index is 11.9. The monoisotopic (exact) mass is 276 g/mol. The molecule has 1 aromatic rings. The van der Waals surface area contributed by atoms with Gasteiger partial charge >= 0.3 is 0 Å². The first-order chi connectivity index (χ1) is 9.74. The molecule has 1 aromatic carbocycles. The molecule has 2 heterocycles. The van der Waals surface area contributed by atoms with Crippen LogP contribution in [0.1, 0.15) is 19.3 Å². The zero-order chi connectivity index (χ0) is 13.9. The van der Waals surface area contributed by atoms with Crippen LogP contribution in [0.2, 0.25) is 0 Å². The fourth-order valence-electron chi connectivity index (χ4n) is 2.96. The molecule has 3 rings (SSSR count). The number of nitrogens with one attached hydrogen (secondary N) is 2. The third-order valence-corrected chi connectivity index (χ3v) is 4.00. The van der Waals surface area contributed by atoms with E-state index in [4.69, 9.17) is 9.47 Å². The highest BCUT2D eigenvalue weighted by Crippen LogP contribution is 2.34. The molecule has 2 N–H and O–H groups in total. The summed E-state index contributed by atoms with van der Waals surface area (Å²) in [5.74, 6) is 0.748. The predicted molar refractivity (Wildman–Crippen MR) is 75.9 cm³/mol. The van der Waals surface area contributed by atoms with E-state index in [2.05, 4.69) is 10.6 Å². The number of hydrogen-bond acceptors (Lipinski definition) is 4. The van der Waals surface area contributed by atoms with Crippen molar-refractivity contribution in [2.24, 2.45) is 0 Å². The number of carbonyl (C=O) groups is 1. The highest BCUT2D eigenvalue weighted by molar-refractivity contribution is 5.92. The van der Waals surface area contributed by atoms with Crippen molar-refractivity contribution < 1.29 is 14.3 Å². The van der Waals surface area contributed by atoms with Gasteiger partial charge in [-0.3, -0.25) is 4.79 Å². The Balaban J connectivity index is 1.45. The van der Waals surface area contributed by atoms with E-state index < -0.39 is 0 Å². The van der Waals surface area contributed by atoms with Gasteiger partial charge < -0.3 is 20.1 Å². The summed E-state index contributed by atoms with van der Waals surface area (Å²) in [6.07, 6.45) is 4.01. The lowest BCUT2D eigenvalue weighted by Gasteiger charge is -2.19. The van der Waals surface area contributed by atoms with Crippen LogP contribution in [-0.2, 0) is 9.53 Å². The normalized spacial score (nSPS) is 27.6. The molecule has 1 amide bonds. The van der Waals surface area contributed by atoms with Crippen LogP contribution >= 0.6 is 0 Å². The van der Waals surface area contributed by atoms with Gasteiger partial charge in [0.15, 0.2) is 0 Å². The number of anilines is 1. The number of rotatable bonds is 5. The summed E-state index contributed by atoms with van der Waals surface area (Å²) in [6.45, 7) is 0.323. The topological polar surface area (TPSA) is 59.6 Å². The largest absolute Gasteiger partial charge is 0.497 e. The lowest BCUT2D eigenvalue weighted by Crippen LogP contribution is -2.41. The average molecular weight is 276 g/mol. The maximum absolute atomic E-state index is 11.9. The second-order valence-electron chi connectivity index (χ2n) is 5.37. The first-order valence-electron chi connectivity index (χ1n) is 7.07. The van der Waals surface area contributed by atoms with Gasteiger partial charge in [0.05, 0.1) is 25.9 Å². The fourth-order valence-corrected chi connectivity index (χ4v) is 2.96. The second kappa shape index (κ2) is 5.81. The summed E-state index contributed by atoms with van der Waals surface area (Å²) in [5.41, 5.74) is 0.779. The van der Waals surface area contributed by atoms with Crippen LogP contribution in [0.3, 0.4) is 0 Å². The highest BCUT2D eigenvalue weighted by atomic mass is 16.5. The molecular formula is C15H20N2O3. The Morgan fingerprint density at radius 3 is 2.75 bits per heavy atom. The zero-order valence-corrected chi connectivity index (χ0v) is 11.6. The van der Waals surface area contributed by atoms with E-state index in [1.165, 1.54) is 6.42 Å². The van der Waals surface area contributed by atoms with Gasteiger partial charge in [-0.05, 0) is 43.5 Å². The molecule has 2 aliphatic rings. The van der Waals surface area contributed by atoms with Crippen molar-refractivity contribution in [3.8, 4) is 5.75 Å². The second-order valence-corrected chi connectivity index (χ2v) is 5.37. The van der Waals surface area contributed by atoms with Crippen molar-refractivity contribution in [1.82, 2.24) is 5.32 Å². The van der Waals surface area contributed by atoms with E-state index in [0.29, 0.717) is 24.8 Å². The summed E-state index contributed by atoms with van der Waals surface area (Å²) < 4.78 is 10.8. The van der Waals surface area contributed by atoms with Crippen molar-refractivity contribution >= 4 is 11.6 Å². The quantitative estimate of drug-likeness (QED) is 0.856. The number of amides is 1. The summed E-state index contributed by atoms with van der Waals surface area (Å²) in [6, 6.07) is 7.64. The van der Waals surface area contributed by atoms with E-state index in [1.54, 1.807) is 7.11 Å². The van der Waals surface area contributed by atoms with Gasteiger partial charge in [-0.1, -0.05) is 0 Å². The number of methoxy groups -OCH3 is 1. The van der Waals surface area contributed by atoms with Crippen molar-refractivity contribution in [2.45, 2.75) is 37.5 Å². The van der Waals surface area contributed by atoms with Crippen molar-refractivity contribution in [3.63, 3.8) is 0 Å². The van der Waals surface area contributed by atoms with Gasteiger partial charge in [-0.2, -0.15) is 0 Å². The van der Waals surface area contributed by atoms with Gasteiger partial charge in [-0.15, -0.1) is 0 Å². The minimum atomic E-state index is -0.0297. The Morgan fingerprint density at radius 1 is 1.35 bits per heavy atom. The van der Waals surface area contributed by atoms with Crippen LogP contribution in [0, 0.1) is 0 Å². The Hall–Kier alpha value is -1.59. The third kappa shape index (κ3) is 2.94. The molecule has 108 valence electrons. The maximum Gasteiger partial charge on any atom is 0.238 e. The molecular weight excluding hydrogens is 256 g/mol. The molecule has 5 heteroatoms. The number of benzene rings is 1. The van der Waals surface area contributed by atoms with Crippen molar-refractivity contribution in [2.75, 3.05) is 19.0 Å². The van der Waals surface area contributed by atoms with Crippen LogP contribution in [0.25, 0.3) is 0 Å². The van der Waals surface area contributed by atoms with E-state index in [-0.39, 0.29) is 5.91 Å². The Kier molecular flexibility index (Phi) is 3.89. The summed E-state index contributed by atoms with van der Waals surface area (Å²) in [5, 5.41) is 6.16. The molecule has 3 atom stereocenters. The molecule has 0 aromatic heterocycles. The summed E-state index contributed by atoms with van der Waals surface area (Å²) in [4.78, 5) is 11.9. The smallest absolute Gasteiger partial charge is 0.238 e. The minimum Gasteiger partial charge on any atom is -0.497 e. The third-order valence-electron chi connectivity index (χ3n) is 4.00. The Bertz CT molecular complexity index is 475. The van der Waals surface area contributed by atoms with E-state index >= 15 is 0 Å². The fraction of sp³-hybridized carbons (Fsp3) is 0.533. The van der Waals surface area contributed by atoms with Crippen LogP contribution in [0.5, 0.6) is 5.75 Å². The highest BCUT2D eigenvalue weighted by Gasteiger charge is 2.40. The van der Waals surface area contributed by atoms with Crippen LogP contribution < -0.4 is 15.4 Å². The SMILES string of the molecule is COc1ccc(NC(=O)CNC2CC3CCC2O3)cc1. The molecule has 2 aliphatic heterocycles. The minimum absolute atomic E-state index is 0.0297. The molecule has 0 spiro atoms. The molecule has 0 radical (unpaired) electrons. The molecule has 2 fully saturated rings. The zero-order valence-electron chi connectivity index (χ0n) is 11.6. The molecule has 5 nitrogen and oxygen atoms in total. The first-order valence-corrected chi connectivity index (χ1v) is 7.07. The molecule has 2 saturated heterocycles. The number of carbonyl (C=O) groups excluding carboxylic acids is 1. The Labute approximate surface area is 118 Å². The number of ether oxygens (including phenoxy) is 2. The van der Waals surface area contributed by atoms with E-state index in [0.717, 1.165) is 24.3 Å². The van der Waals surface area contributed by atoms with Gasteiger partial charge in [0.1, 0.15) is 5.75 Å². The van der Waals surface area contributed by atoms with Gasteiger partial charge in [0, 0.05) is 11.7 Å². The molecule has 0 saturated carbocycles. The van der Waals surface area contributed by atoms with E-state index in [1.807, 2.05) is 24.3 Å². The standard InChI is InChI=1S/C15H20N2O3/c1-19-11-4-2-10(3-5-11)17-15(18)9-16-13-8-12-6-7-14(13)20-12/h2-5,12-14,16H,6-9H2,1H3,(H,17,18). The van der Waals surface area contributed by atoms with Gasteiger partial charge in [-0.25, -0.2) is 0 Å². The van der Waals surface area contributed by atoms with Crippen LogP contribution in [0.15, 0.2) is 24.3 Å². The summed E-state index contributed by atoms with van der Waals surface area (Å²) in [7, 11) is 1.62. The number of fused-ring (bicyclic) bond motifs is 2. The summed E-state index contributed by atoms with van der Waals surface area (Å²) >= 11 is 0. The molecule has 20 heavy (non-hydrogen) atoms. The molecule has 2 bridgehead atoms. The Morgan fingerprint density at radius 2 is 2.15 bits per heavy atom. The predicted octanol–water partition coefficient (Wildman–Crippen LogP) is 1.54. The lowest BCUT2D eigenvalue weighted by atomic mass is 9.95. The van der Waals surface area contributed by atoms with Gasteiger partial charge in [0.25, 0.3) is 0 Å². The van der Waals surface area contributed by atoms with Crippen LogP contribution in [0.4, 0.5) is 5.69 Å². The van der Waals surface area contributed by atoms with E-state index in [9.17, 15) is 4.79 Å². The van der Waals surface area contributed by atoms with Crippen molar-refractivity contribution in [3.05, 3.63) is 24.3 Å². The average Bonchev–Trinajstić information content (AvgIpc) is 3.08. The number of hydrogen-bond donors (Lipinski definition) is 2. The van der Waals surface area contributed by atoms with Gasteiger partial charge in [0.2, 0.25) is 5.91 Å². The lowest BCUT2D eigenvalue weighted by molar-refractivity contribution is -0.115. The first kappa shape index (κ1) is 13.4. The van der Waals surface area contributed by atoms with Crippen LogP contribution in [-0.4, -0.2) is 37.8 Å². The molecule has 0 aliphatic carbocycles.